The van der Waals surface area contributed by atoms with Crippen molar-refractivity contribution < 1.29 is 14.3 Å². The van der Waals surface area contributed by atoms with Crippen LogP contribution in [-0.2, 0) is 9.53 Å². The van der Waals surface area contributed by atoms with Crippen LogP contribution in [0.5, 0.6) is 0 Å². The van der Waals surface area contributed by atoms with E-state index in [1.54, 1.807) is 0 Å². The maximum absolute atomic E-state index is 12.1. The van der Waals surface area contributed by atoms with Crippen LogP contribution in [0.15, 0.2) is 29.6 Å². The molecule has 0 spiro atoms. The zero-order valence-corrected chi connectivity index (χ0v) is 13.9. The van der Waals surface area contributed by atoms with Crippen LogP contribution < -0.4 is 5.32 Å². The highest BCUT2D eigenvalue weighted by molar-refractivity contribution is 7.15. The second-order valence-electron chi connectivity index (χ2n) is 4.70. The average Bonchev–Trinajstić information content (AvgIpc) is 2.91. The van der Waals surface area contributed by atoms with Crippen molar-refractivity contribution >= 4 is 39.8 Å². The molecule has 0 aliphatic carbocycles. The number of hydrogen-bond acceptors (Lipinski definition) is 4. The number of anilines is 1. The molecule has 0 aliphatic heterocycles. The van der Waals surface area contributed by atoms with E-state index in [1.807, 2.05) is 36.6 Å². The Labute approximate surface area is 138 Å². The molecule has 0 atom stereocenters. The average molecular weight is 338 g/mol. The first-order valence-corrected chi connectivity index (χ1v) is 8.11. The number of rotatable bonds is 5. The summed E-state index contributed by atoms with van der Waals surface area (Å²) in [6, 6.07) is 7.82. The SMILES string of the molecule is COC(=O)c1c(-c2ccc(C)cc2)csc1NC(=O)CCCl. The molecule has 4 nitrogen and oxygen atoms in total. The van der Waals surface area contributed by atoms with E-state index in [-0.39, 0.29) is 18.2 Å². The predicted molar refractivity (Wildman–Crippen MR) is 89.8 cm³/mol. The zero-order valence-electron chi connectivity index (χ0n) is 12.3. The summed E-state index contributed by atoms with van der Waals surface area (Å²) in [6.45, 7) is 2.00. The lowest BCUT2D eigenvalue weighted by molar-refractivity contribution is -0.115. The largest absolute Gasteiger partial charge is 0.465 e. The van der Waals surface area contributed by atoms with Crippen LogP contribution >= 0.6 is 22.9 Å². The van der Waals surface area contributed by atoms with E-state index in [2.05, 4.69) is 5.32 Å². The Morgan fingerprint density at radius 3 is 2.55 bits per heavy atom. The first kappa shape index (κ1) is 16.5. The summed E-state index contributed by atoms with van der Waals surface area (Å²) in [6.07, 6.45) is 0.194. The standard InChI is InChI=1S/C16H16ClNO3S/c1-10-3-5-11(6-4-10)12-9-22-15(14(12)16(20)21-2)18-13(19)7-8-17/h3-6,9H,7-8H2,1-2H3,(H,18,19). The van der Waals surface area contributed by atoms with Gasteiger partial charge in [0.25, 0.3) is 0 Å². The van der Waals surface area contributed by atoms with Gasteiger partial charge in [-0.15, -0.1) is 22.9 Å². The molecule has 22 heavy (non-hydrogen) atoms. The van der Waals surface area contributed by atoms with Gasteiger partial charge in [-0.25, -0.2) is 4.79 Å². The Kier molecular flexibility index (Phi) is 5.57. The van der Waals surface area contributed by atoms with Gasteiger partial charge >= 0.3 is 5.97 Å². The number of esters is 1. The van der Waals surface area contributed by atoms with Crippen molar-refractivity contribution in [2.24, 2.45) is 0 Å². The third-order valence-electron chi connectivity index (χ3n) is 3.12. The molecule has 0 radical (unpaired) electrons. The topological polar surface area (TPSA) is 55.4 Å². The number of hydrogen-bond donors (Lipinski definition) is 1. The molecule has 0 saturated heterocycles. The fraction of sp³-hybridized carbons (Fsp3) is 0.250. The summed E-state index contributed by atoms with van der Waals surface area (Å²) in [5.74, 6) is -0.467. The molecule has 1 N–H and O–H groups in total. The summed E-state index contributed by atoms with van der Waals surface area (Å²) >= 11 is 6.86. The second-order valence-corrected chi connectivity index (χ2v) is 5.96. The van der Waals surface area contributed by atoms with Crippen LogP contribution in [0.25, 0.3) is 11.1 Å². The quantitative estimate of drug-likeness (QED) is 0.660. The summed E-state index contributed by atoms with van der Waals surface area (Å²) in [5, 5.41) is 5.05. The number of nitrogens with one attached hydrogen (secondary N) is 1. The molecule has 0 bridgehead atoms. The number of halogens is 1. The Hall–Kier alpha value is -1.85. The molecule has 1 heterocycles. The molecule has 1 aromatic carbocycles. The van der Waals surface area contributed by atoms with Gasteiger partial charge in [0.05, 0.1) is 7.11 Å². The van der Waals surface area contributed by atoms with Gasteiger partial charge < -0.3 is 10.1 Å². The van der Waals surface area contributed by atoms with Gasteiger partial charge in [-0.3, -0.25) is 4.79 Å². The first-order chi connectivity index (χ1) is 10.6. The number of carbonyl (C=O) groups excluding carboxylic acids is 2. The number of methoxy groups -OCH3 is 1. The lowest BCUT2D eigenvalue weighted by Gasteiger charge is -2.07. The number of ether oxygens (including phenoxy) is 1. The van der Waals surface area contributed by atoms with Crippen molar-refractivity contribution in [3.63, 3.8) is 0 Å². The molecular weight excluding hydrogens is 322 g/mol. The minimum absolute atomic E-state index is 0.194. The lowest BCUT2D eigenvalue weighted by Crippen LogP contribution is -2.14. The van der Waals surface area contributed by atoms with Crippen molar-refractivity contribution in [2.75, 3.05) is 18.3 Å². The number of benzene rings is 1. The van der Waals surface area contributed by atoms with E-state index >= 15 is 0 Å². The van der Waals surface area contributed by atoms with Gasteiger partial charge in [-0.05, 0) is 12.5 Å². The minimum atomic E-state index is -0.474. The zero-order chi connectivity index (χ0) is 16.1. The monoisotopic (exact) mass is 337 g/mol. The van der Waals surface area contributed by atoms with E-state index in [4.69, 9.17) is 16.3 Å². The maximum Gasteiger partial charge on any atom is 0.341 e. The Morgan fingerprint density at radius 2 is 1.95 bits per heavy atom. The van der Waals surface area contributed by atoms with E-state index in [9.17, 15) is 9.59 Å². The van der Waals surface area contributed by atoms with Gasteiger partial charge in [0.2, 0.25) is 5.91 Å². The highest BCUT2D eigenvalue weighted by Crippen LogP contribution is 2.36. The molecule has 1 aromatic heterocycles. The highest BCUT2D eigenvalue weighted by Gasteiger charge is 2.22. The maximum atomic E-state index is 12.1. The third-order valence-corrected chi connectivity index (χ3v) is 4.20. The smallest absolute Gasteiger partial charge is 0.341 e. The van der Waals surface area contributed by atoms with Crippen LogP contribution in [0, 0.1) is 6.92 Å². The van der Waals surface area contributed by atoms with E-state index < -0.39 is 5.97 Å². The number of alkyl halides is 1. The van der Waals surface area contributed by atoms with Crippen LogP contribution in [0.2, 0.25) is 0 Å². The molecule has 0 unspecified atom stereocenters. The van der Waals surface area contributed by atoms with Crippen molar-refractivity contribution in [2.45, 2.75) is 13.3 Å². The second kappa shape index (κ2) is 7.42. The molecule has 2 aromatic rings. The number of aryl methyl sites for hydroxylation is 1. The van der Waals surface area contributed by atoms with E-state index in [1.165, 1.54) is 18.4 Å². The van der Waals surface area contributed by atoms with Crippen molar-refractivity contribution in [1.82, 2.24) is 0 Å². The van der Waals surface area contributed by atoms with Gasteiger partial charge in [-0.2, -0.15) is 0 Å². The molecular formula is C16H16ClNO3S. The van der Waals surface area contributed by atoms with Gasteiger partial charge in [0.15, 0.2) is 0 Å². The van der Waals surface area contributed by atoms with Crippen LogP contribution in [0.4, 0.5) is 5.00 Å². The Balaban J connectivity index is 2.42. The summed E-state index contributed by atoms with van der Waals surface area (Å²) in [4.78, 5) is 23.8. The molecule has 0 fully saturated rings. The van der Waals surface area contributed by atoms with Gasteiger partial charge in [-0.1, -0.05) is 29.8 Å². The molecule has 0 saturated carbocycles. The minimum Gasteiger partial charge on any atom is -0.465 e. The van der Waals surface area contributed by atoms with E-state index in [0.29, 0.717) is 10.6 Å². The van der Waals surface area contributed by atoms with Crippen LogP contribution in [0.3, 0.4) is 0 Å². The van der Waals surface area contributed by atoms with Gasteiger partial charge in [0.1, 0.15) is 10.6 Å². The molecule has 116 valence electrons. The van der Waals surface area contributed by atoms with Crippen molar-refractivity contribution in [3.8, 4) is 11.1 Å². The molecule has 1 amide bonds. The lowest BCUT2D eigenvalue weighted by atomic mass is 10.0. The highest BCUT2D eigenvalue weighted by atomic mass is 35.5. The van der Waals surface area contributed by atoms with Crippen LogP contribution in [0.1, 0.15) is 22.3 Å². The number of amides is 1. The predicted octanol–water partition coefficient (Wildman–Crippen LogP) is 4.08. The fourth-order valence-corrected chi connectivity index (χ4v) is 3.12. The number of carbonyl (C=O) groups is 2. The summed E-state index contributed by atoms with van der Waals surface area (Å²) in [5.41, 5.74) is 3.16. The first-order valence-electron chi connectivity index (χ1n) is 6.69. The fourth-order valence-electron chi connectivity index (χ4n) is 1.98. The molecule has 6 heteroatoms. The molecule has 2 rings (SSSR count). The summed E-state index contributed by atoms with van der Waals surface area (Å²) in [7, 11) is 1.32. The Morgan fingerprint density at radius 1 is 1.27 bits per heavy atom. The third kappa shape index (κ3) is 3.67. The normalized spacial score (nSPS) is 10.3. The molecule has 0 aliphatic rings. The van der Waals surface area contributed by atoms with Crippen molar-refractivity contribution in [3.05, 3.63) is 40.8 Å². The van der Waals surface area contributed by atoms with Crippen LogP contribution in [-0.4, -0.2) is 24.9 Å². The van der Waals surface area contributed by atoms with E-state index in [0.717, 1.165) is 16.7 Å². The van der Waals surface area contributed by atoms with Gasteiger partial charge in [0, 0.05) is 23.2 Å². The Bertz CT molecular complexity index is 679. The number of thiophene rings is 1. The van der Waals surface area contributed by atoms with Crippen molar-refractivity contribution in [1.29, 1.82) is 0 Å². The summed E-state index contributed by atoms with van der Waals surface area (Å²) < 4.78 is 4.85.